The summed E-state index contributed by atoms with van der Waals surface area (Å²) in [4.78, 5) is 11.2. The molecule has 1 aliphatic heterocycles. The minimum atomic E-state index is -0.878. The molecule has 2 atom stereocenters. The Morgan fingerprint density at radius 3 is 2.95 bits per heavy atom. The van der Waals surface area contributed by atoms with Gasteiger partial charge < -0.3 is 15.2 Å². The van der Waals surface area contributed by atoms with E-state index in [9.17, 15) is 4.79 Å². The molecule has 2 rings (SSSR count). The molecule has 0 aromatic heterocycles. The molecular weight excluding hydrogens is 254 g/mol. The van der Waals surface area contributed by atoms with Crippen molar-refractivity contribution in [3.05, 3.63) is 29.3 Å². The average Bonchev–Trinajstić information content (AvgIpc) is 2.41. The van der Waals surface area contributed by atoms with Gasteiger partial charge in [-0.2, -0.15) is 0 Å². The van der Waals surface area contributed by atoms with Crippen LogP contribution in [0.4, 0.5) is 5.69 Å². The van der Waals surface area contributed by atoms with Crippen LogP contribution in [0.15, 0.2) is 18.2 Å². The van der Waals surface area contributed by atoms with E-state index in [-0.39, 0.29) is 5.60 Å². The largest absolute Gasteiger partial charge is 0.478 e. The summed E-state index contributed by atoms with van der Waals surface area (Å²) in [6, 6.07) is 5.71. The van der Waals surface area contributed by atoms with Crippen LogP contribution in [0.3, 0.4) is 0 Å². The van der Waals surface area contributed by atoms with Crippen LogP contribution in [-0.2, 0) is 4.74 Å². The summed E-state index contributed by atoms with van der Waals surface area (Å²) < 4.78 is 5.84. The lowest BCUT2D eigenvalue weighted by atomic mass is 9.89. The highest BCUT2D eigenvalue weighted by molar-refractivity contribution is 5.91. The summed E-state index contributed by atoms with van der Waals surface area (Å²) in [7, 11) is 0. The third kappa shape index (κ3) is 3.12. The van der Waals surface area contributed by atoms with E-state index in [1.807, 2.05) is 13.0 Å². The fraction of sp³-hybridized carbons (Fsp3) is 0.562. The van der Waals surface area contributed by atoms with E-state index in [1.165, 1.54) is 0 Å². The number of anilines is 1. The zero-order valence-corrected chi connectivity index (χ0v) is 12.4. The summed E-state index contributed by atoms with van der Waals surface area (Å²) in [6.07, 6.45) is 2.88. The topological polar surface area (TPSA) is 58.6 Å². The van der Waals surface area contributed by atoms with Gasteiger partial charge in [-0.25, -0.2) is 4.79 Å². The van der Waals surface area contributed by atoms with Crippen molar-refractivity contribution in [1.29, 1.82) is 0 Å². The molecule has 1 saturated heterocycles. The first kappa shape index (κ1) is 14.9. The molecule has 1 aromatic rings. The van der Waals surface area contributed by atoms with Gasteiger partial charge in [0.1, 0.15) is 0 Å². The molecule has 2 N–H and O–H groups in total. The number of ether oxygens (including phenoxy) is 1. The standard InChI is InChI=1S/C16H23NO3/c1-4-16(3)10-12(8-9-20-16)17-14-7-5-6-13(11(14)2)15(18)19/h5-7,12,17H,4,8-10H2,1-3H3,(H,18,19). The van der Waals surface area contributed by atoms with Crippen molar-refractivity contribution in [3.8, 4) is 0 Å². The van der Waals surface area contributed by atoms with Crippen LogP contribution in [0.25, 0.3) is 0 Å². The normalized spacial score (nSPS) is 26.2. The van der Waals surface area contributed by atoms with E-state index in [1.54, 1.807) is 12.1 Å². The number of carboxylic acids is 1. The van der Waals surface area contributed by atoms with Crippen molar-refractivity contribution in [2.24, 2.45) is 0 Å². The van der Waals surface area contributed by atoms with Crippen molar-refractivity contribution < 1.29 is 14.6 Å². The number of hydrogen-bond acceptors (Lipinski definition) is 3. The van der Waals surface area contributed by atoms with E-state index in [4.69, 9.17) is 9.84 Å². The Bertz CT molecular complexity index is 500. The predicted octanol–water partition coefficient (Wildman–Crippen LogP) is 3.45. The highest BCUT2D eigenvalue weighted by Crippen LogP contribution is 2.30. The second-order valence-corrected chi connectivity index (χ2v) is 5.77. The fourth-order valence-corrected chi connectivity index (χ4v) is 2.74. The smallest absolute Gasteiger partial charge is 0.336 e. The average molecular weight is 277 g/mol. The van der Waals surface area contributed by atoms with Crippen LogP contribution in [0.5, 0.6) is 0 Å². The maximum Gasteiger partial charge on any atom is 0.336 e. The third-order valence-corrected chi connectivity index (χ3v) is 4.27. The number of carbonyl (C=O) groups is 1. The van der Waals surface area contributed by atoms with Gasteiger partial charge in [0.2, 0.25) is 0 Å². The third-order valence-electron chi connectivity index (χ3n) is 4.27. The Kier molecular flexibility index (Phi) is 4.33. The molecule has 4 nitrogen and oxygen atoms in total. The van der Waals surface area contributed by atoms with Crippen molar-refractivity contribution in [2.75, 3.05) is 11.9 Å². The molecular formula is C16H23NO3. The molecule has 1 fully saturated rings. The number of hydrogen-bond donors (Lipinski definition) is 2. The lowest BCUT2D eigenvalue weighted by Crippen LogP contribution is -2.42. The molecule has 110 valence electrons. The van der Waals surface area contributed by atoms with Crippen LogP contribution < -0.4 is 5.32 Å². The summed E-state index contributed by atoms with van der Waals surface area (Å²) in [5, 5.41) is 12.7. The quantitative estimate of drug-likeness (QED) is 0.885. The van der Waals surface area contributed by atoms with E-state index >= 15 is 0 Å². The van der Waals surface area contributed by atoms with Gasteiger partial charge in [0.25, 0.3) is 0 Å². The molecule has 0 aliphatic carbocycles. The summed E-state index contributed by atoms with van der Waals surface area (Å²) in [5.74, 6) is -0.878. The predicted molar refractivity (Wildman–Crippen MR) is 79.4 cm³/mol. The van der Waals surface area contributed by atoms with E-state index < -0.39 is 5.97 Å². The highest BCUT2D eigenvalue weighted by atomic mass is 16.5. The number of carboxylic acid groups (broad SMARTS) is 1. The van der Waals surface area contributed by atoms with Crippen molar-refractivity contribution in [1.82, 2.24) is 0 Å². The molecule has 20 heavy (non-hydrogen) atoms. The summed E-state index contributed by atoms with van der Waals surface area (Å²) in [5.41, 5.74) is 1.99. The molecule has 4 heteroatoms. The van der Waals surface area contributed by atoms with Gasteiger partial charge in [-0.15, -0.1) is 0 Å². The first-order chi connectivity index (χ1) is 9.45. The minimum absolute atomic E-state index is 0.0752. The van der Waals surface area contributed by atoms with Crippen molar-refractivity contribution in [2.45, 2.75) is 51.7 Å². The second-order valence-electron chi connectivity index (χ2n) is 5.77. The Morgan fingerprint density at radius 2 is 2.30 bits per heavy atom. The lowest BCUT2D eigenvalue weighted by molar-refractivity contribution is -0.0708. The van der Waals surface area contributed by atoms with E-state index in [0.717, 1.165) is 37.1 Å². The summed E-state index contributed by atoms with van der Waals surface area (Å²) in [6.45, 7) is 6.88. The second kappa shape index (κ2) is 5.83. The number of benzene rings is 1. The Hall–Kier alpha value is -1.55. The number of rotatable bonds is 4. The van der Waals surface area contributed by atoms with Crippen molar-refractivity contribution >= 4 is 11.7 Å². The maximum atomic E-state index is 11.2. The van der Waals surface area contributed by atoms with Gasteiger partial charge >= 0.3 is 5.97 Å². The summed E-state index contributed by atoms with van der Waals surface area (Å²) >= 11 is 0. The molecule has 1 aromatic carbocycles. The maximum absolute atomic E-state index is 11.2. The Morgan fingerprint density at radius 1 is 1.55 bits per heavy atom. The van der Waals surface area contributed by atoms with Gasteiger partial charge in [0.15, 0.2) is 0 Å². The van der Waals surface area contributed by atoms with Gasteiger partial charge in [0.05, 0.1) is 11.2 Å². The molecule has 2 unspecified atom stereocenters. The SMILES string of the molecule is CCC1(C)CC(Nc2cccc(C(=O)O)c2C)CCO1. The zero-order chi connectivity index (χ0) is 14.8. The van der Waals surface area contributed by atoms with E-state index in [2.05, 4.69) is 19.2 Å². The molecule has 0 radical (unpaired) electrons. The van der Waals surface area contributed by atoms with Crippen LogP contribution >= 0.6 is 0 Å². The highest BCUT2D eigenvalue weighted by Gasteiger charge is 2.31. The Balaban J connectivity index is 2.14. The van der Waals surface area contributed by atoms with Crippen LogP contribution in [-0.4, -0.2) is 29.3 Å². The van der Waals surface area contributed by atoms with Crippen molar-refractivity contribution in [3.63, 3.8) is 0 Å². The molecule has 0 bridgehead atoms. The molecule has 1 aliphatic rings. The zero-order valence-electron chi connectivity index (χ0n) is 12.4. The molecule has 0 spiro atoms. The van der Waals surface area contributed by atoms with Crippen LogP contribution in [0, 0.1) is 6.92 Å². The van der Waals surface area contributed by atoms with Gasteiger partial charge in [-0.3, -0.25) is 0 Å². The fourth-order valence-electron chi connectivity index (χ4n) is 2.74. The minimum Gasteiger partial charge on any atom is -0.478 e. The van der Waals surface area contributed by atoms with Crippen LogP contribution in [0.1, 0.15) is 49.0 Å². The molecule has 0 amide bonds. The van der Waals surface area contributed by atoms with Gasteiger partial charge in [-0.1, -0.05) is 13.0 Å². The first-order valence-corrected chi connectivity index (χ1v) is 7.18. The molecule has 0 saturated carbocycles. The Labute approximate surface area is 120 Å². The van der Waals surface area contributed by atoms with Gasteiger partial charge in [-0.05, 0) is 50.8 Å². The number of aromatic carboxylic acids is 1. The monoisotopic (exact) mass is 277 g/mol. The van der Waals surface area contributed by atoms with Crippen LogP contribution in [0.2, 0.25) is 0 Å². The first-order valence-electron chi connectivity index (χ1n) is 7.18. The lowest BCUT2D eigenvalue weighted by Gasteiger charge is -2.38. The number of nitrogens with one attached hydrogen (secondary N) is 1. The van der Waals surface area contributed by atoms with E-state index in [0.29, 0.717) is 11.6 Å². The molecule has 1 heterocycles. The van der Waals surface area contributed by atoms with Gasteiger partial charge in [0, 0.05) is 18.3 Å².